The van der Waals surface area contributed by atoms with Crippen LogP contribution in [0.25, 0.3) is 0 Å². The van der Waals surface area contributed by atoms with Gasteiger partial charge in [0.2, 0.25) is 15.9 Å². The summed E-state index contributed by atoms with van der Waals surface area (Å²) in [5.41, 5.74) is -0.486. The molecule has 8 heteroatoms. The second kappa shape index (κ2) is 8.04. The normalized spacial score (nSPS) is 21.5. The molecule has 0 aromatic heterocycles. The zero-order chi connectivity index (χ0) is 18.6. The molecule has 0 aliphatic carbocycles. The van der Waals surface area contributed by atoms with Gasteiger partial charge >= 0.3 is 0 Å². The highest BCUT2D eigenvalue weighted by molar-refractivity contribution is 7.89. The van der Waals surface area contributed by atoms with Gasteiger partial charge in [-0.25, -0.2) is 8.42 Å². The van der Waals surface area contributed by atoms with E-state index in [4.69, 9.17) is 4.74 Å². The van der Waals surface area contributed by atoms with Crippen molar-refractivity contribution in [1.82, 2.24) is 14.5 Å². The Bertz CT molecular complexity index is 704. The molecule has 0 spiro atoms. The molecule has 2 saturated heterocycles. The molecule has 2 aliphatic rings. The zero-order valence-corrected chi connectivity index (χ0v) is 16.0. The van der Waals surface area contributed by atoms with Crippen LogP contribution in [0.5, 0.6) is 0 Å². The van der Waals surface area contributed by atoms with Crippen LogP contribution in [0, 0.1) is 5.41 Å². The molecule has 0 saturated carbocycles. The first-order valence-electron chi connectivity index (χ1n) is 9.04. The minimum Gasteiger partial charge on any atom is -0.384 e. The first-order chi connectivity index (χ1) is 12.5. The molecule has 0 bridgehead atoms. The van der Waals surface area contributed by atoms with E-state index in [0.29, 0.717) is 37.7 Å². The summed E-state index contributed by atoms with van der Waals surface area (Å²) in [7, 11) is -1.87. The summed E-state index contributed by atoms with van der Waals surface area (Å²) in [4.78, 5) is 15.2. The lowest BCUT2D eigenvalue weighted by atomic mass is 9.78. The molecule has 0 unspecified atom stereocenters. The number of hydrogen-bond donors (Lipinski definition) is 1. The number of amides is 1. The van der Waals surface area contributed by atoms with Crippen molar-refractivity contribution in [3.8, 4) is 0 Å². The number of ether oxygens (including phenoxy) is 1. The summed E-state index contributed by atoms with van der Waals surface area (Å²) in [5, 5.41) is 3.29. The number of piperazine rings is 1. The number of nitrogens with zero attached hydrogens (tertiary/aromatic N) is 2. The Kier molecular flexibility index (Phi) is 5.96. The maximum absolute atomic E-state index is 13.1. The average Bonchev–Trinajstić information content (AvgIpc) is 2.69. The maximum Gasteiger partial charge on any atom is 0.243 e. The van der Waals surface area contributed by atoms with Crippen LogP contribution in [0.2, 0.25) is 0 Å². The van der Waals surface area contributed by atoms with Crippen molar-refractivity contribution in [2.45, 2.75) is 17.7 Å². The third-order valence-corrected chi connectivity index (χ3v) is 7.25. The van der Waals surface area contributed by atoms with E-state index in [2.05, 4.69) is 5.32 Å². The fourth-order valence-electron chi connectivity index (χ4n) is 3.81. The van der Waals surface area contributed by atoms with Crippen LogP contribution in [0.4, 0.5) is 0 Å². The van der Waals surface area contributed by atoms with E-state index in [1.54, 1.807) is 42.3 Å². The predicted molar refractivity (Wildman–Crippen MR) is 98.2 cm³/mol. The molecular formula is C18H27N3O4S. The number of nitrogens with one attached hydrogen (secondary N) is 1. The second-order valence-electron chi connectivity index (χ2n) is 6.97. The summed E-state index contributed by atoms with van der Waals surface area (Å²) in [6.45, 7) is 3.51. The highest BCUT2D eigenvalue weighted by atomic mass is 32.2. The Morgan fingerprint density at radius 2 is 1.73 bits per heavy atom. The molecule has 144 valence electrons. The molecule has 1 N–H and O–H groups in total. The van der Waals surface area contributed by atoms with Gasteiger partial charge in [0.25, 0.3) is 0 Å². The number of sulfonamides is 1. The first kappa shape index (κ1) is 19.3. The van der Waals surface area contributed by atoms with E-state index in [1.807, 2.05) is 0 Å². The van der Waals surface area contributed by atoms with E-state index in [-0.39, 0.29) is 5.91 Å². The van der Waals surface area contributed by atoms with Gasteiger partial charge in [0.05, 0.1) is 16.9 Å². The summed E-state index contributed by atoms with van der Waals surface area (Å²) < 4.78 is 32.3. The van der Waals surface area contributed by atoms with Gasteiger partial charge in [-0.1, -0.05) is 18.2 Å². The van der Waals surface area contributed by atoms with E-state index < -0.39 is 15.4 Å². The SMILES string of the molecule is COCC1(C(=O)N2CCN(S(=O)(=O)c3ccccc3)CC2)CCNCC1. The molecule has 2 fully saturated rings. The van der Waals surface area contributed by atoms with Gasteiger partial charge in [0.15, 0.2) is 0 Å². The van der Waals surface area contributed by atoms with Crippen LogP contribution in [-0.4, -0.2) is 76.5 Å². The number of rotatable bonds is 5. The van der Waals surface area contributed by atoms with E-state index in [1.165, 1.54) is 4.31 Å². The Hall–Kier alpha value is -1.48. The van der Waals surface area contributed by atoms with Crippen molar-refractivity contribution in [3.63, 3.8) is 0 Å². The standard InChI is InChI=1S/C18H27N3O4S/c1-25-15-18(7-9-19-10-8-18)17(22)20-11-13-21(14-12-20)26(23,24)16-5-3-2-4-6-16/h2-6,19H,7-15H2,1H3. The molecule has 3 rings (SSSR count). The van der Waals surface area contributed by atoms with Crippen LogP contribution in [-0.2, 0) is 19.6 Å². The van der Waals surface area contributed by atoms with Crippen molar-refractivity contribution in [2.24, 2.45) is 5.41 Å². The number of carbonyl (C=O) groups excluding carboxylic acids is 1. The minimum absolute atomic E-state index is 0.0950. The van der Waals surface area contributed by atoms with Crippen molar-refractivity contribution >= 4 is 15.9 Å². The van der Waals surface area contributed by atoms with Crippen LogP contribution in [0.3, 0.4) is 0 Å². The van der Waals surface area contributed by atoms with Gasteiger partial charge in [-0.3, -0.25) is 4.79 Å². The number of benzene rings is 1. The van der Waals surface area contributed by atoms with Crippen molar-refractivity contribution in [3.05, 3.63) is 30.3 Å². The van der Waals surface area contributed by atoms with Crippen molar-refractivity contribution < 1.29 is 17.9 Å². The second-order valence-corrected chi connectivity index (χ2v) is 8.91. The van der Waals surface area contributed by atoms with E-state index in [9.17, 15) is 13.2 Å². The lowest BCUT2D eigenvalue weighted by Crippen LogP contribution is -2.57. The highest BCUT2D eigenvalue weighted by Crippen LogP contribution is 2.32. The largest absolute Gasteiger partial charge is 0.384 e. The van der Waals surface area contributed by atoms with Gasteiger partial charge in [-0.05, 0) is 38.1 Å². The summed E-state index contributed by atoms with van der Waals surface area (Å²) in [5.74, 6) is 0.0950. The number of hydrogen-bond acceptors (Lipinski definition) is 5. The Labute approximate surface area is 155 Å². The number of piperidine rings is 1. The molecule has 26 heavy (non-hydrogen) atoms. The van der Waals surface area contributed by atoms with E-state index >= 15 is 0 Å². The summed E-state index contributed by atoms with van der Waals surface area (Å²) in [6, 6.07) is 8.45. The van der Waals surface area contributed by atoms with E-state index in [0.717, 1.165) is 25.9 Å². The third kappa shape index (κ3) is 3.78. The Morgan fingerprint density at radius 1 is 1.12 bits per heavy atom. The predicted octanol–water partition coefficient (Wildman–Crippen LogP) is 0.536. The molecule has 7 nitrogen and oxygen atoms in total. The zero-order valence-electron chi connectivity index (χ0n) is 15.2. The van der Waals surface area contributed by atoms with Crippen LogP contribution >= 0.6 is 0 Å². The van der Waals surface area contributed by atoms with Gasteiger partial charge in [0.1, 0.15) is 0 Å². The number of methoxy groups -OCH3 is 1. The molecule has 0 atom stereocenters. The van der Waals surface area contributed by atoms with Crippen molar-refractivity contribution in [1.29, 1.82) is 0 Å². The Balaban J connectivity index is 1.67. The molecular weight excluding hydrogens is 354 g/mol. The monoisotopic (exact) mass is 381 g/mol. The van der Waals surface area contributed by atoms with Gasteiger partial charge in [-0.2, -0.15) is 4.31 Å². The van der Waals surface area contributed by atoms with Gasteiger partial charge < -0.3 is 15.0 Å². The molecule has 1 aromatic rings. The minimum atomic E-state index is -3.50. The molecule has 2 aliphatic heterocycles. The first-order valence-corrected chi connectivity index (χ1v) is 10.5. The summed E-state index contributed by atoms with van der Waals surface area (Å²) in [6.07, 6.45) is 1.50. The highest BCUT2D eigenvalue weighted by Gasteiger charge is 2.43. The molecule has 0 radical (unpaired) electrons. The summed E-state index contributed by atoms with van der Waals surface area (Å²) >= 11 is 0. The lowest BCUT2D eigenvalue weighted by Gasteiger charge is -2.42. The smallest absolute Gasteiger partial charge is 0.243 e. The van der Waals surface area contributed by atoms with Gasteiger partial charge in [0, 0.05) is 33.3 Å². The quantitative estimate of drug-likeness (QED) is 0.805. The topological polar surface area (TPSA) is 79.0 Å². The van der Waals surface area contributed by atoms with Crippen LogP contribution < -0.4 is 5.32 Å². The third-order valence-electron chi connectivity index (χ3n) is 5.34. The van der Waals surface area contributed by atoms with Crippen molar-refractivity contribution in [2.75, 3.05) is 53.0 Å². The fraction of sp³-hybridized carbons (Fsp3) is 0.611. The molecule has 1 aromatic carbocycles. The lowest BCUT2D eigenvalue weighted by molar-refractivity contribution is -0.148. The maximum atomic E-state index is 13.1. The number of carbonyl (C=O) groups is 1. The van der Waals surface area contributed by atoms with Gasteiger partial charge in [-0.15, -0.1) is 0 Å². The fourth-order valence-corrected chi connectivity index (χ4v) is 5.25. The van der Waals surface area contributed by atoms with Crippen LogP contribution in [0.15, 0.2) is 35.2 Å². The molecule has 2 heterocycles. The molecule has 1 amide bonds. The Morgan fingerprint density at radius 3 is 2.31 bits per heavy atom. The average molecular weight is 381 g/mol. The van der Waals surface area contributed by atoms with Crippen LogP contribution in [0.1, 0.15) is 12.8 Å².